The second kappa shape index (κ2) is 6.72. The highest BCUT2D eigenvalue weighted by molar-refractivity contribution is 5.83. The summed E-state index contributed by atoms with van der Waals surface area (Å²) >= 11 is 0. The zero-order valence-electron chi connectivity index (χ0n) is 14.0. The first-order valence-corrected chi connectivity index (χ1v) is 7.38. The number of hydrogen-bond acceptors (Lipinski definition) is 6. The van der Waals surface area contributed by atoms with Gasteiger partial charge in [-0.3, -0.25) is 9.59 Å². The number of carbonyl (C=O) groups is 2. The van der Waals surface area contributed by atoms with E-state index in [4.69, 9.17) is 0 Å². The van der Waals surface area contributed by atoms with Crippen molar-refractivity contribution in [2.75, 3.05) is 13.7 Å². The van der Waals surface area contributed by atoms with Gasteiger partial charge in [0.25, 0.3) is 5.78 Å². The highest BCUT2D eigenvalue weighted by Gasteiger charge is 2.22. The van der Waals surface area contributed by atoms with Crippen molar-refractivity contribution in [1.82, 2.24) is 24.5 Å². The van der Waals surface area contributed by atoms with Gasteiger partial charge in [0.2, 0.25) is 5.91 Å². The Hall–Kier alpha value is -2.51. The van der Waals surface area contributed by atoms with Crippen LogP contribution in [-0.2, 0) is 20.7 Å². The first kappa shape index (κ1) is 16.9. The normalized spacial score (nSPS) is 11.0. The number of carbonyl (C=O) groups excluding carboxylic acids is 2. The van der Waals surface area contributed by atoms with Gasteiger partial charge in [-0.15, -0.1) is 5.10 Å². The van der Waals surface area contributed by atoms with Crippen LogP contribution in [0.1, 0.15) is 31.1 Å². The summed E-state index contributed by atoms with van der Waals surface area (Å²) in [5.41, 5.74) is 1.74. The first-order chi connectivity index (χ1) is 10.8. The molecule has 0 aliphatic heterocycles. The minimum absolute atomic E-state index is 0.0109. The third-order valence-corrected chi connectivity index (χ3v) is 3.44. The molecule has 0 aliphatic carbocycles. The van der Waals surface area contributed by atoms with E-state index in [1.165, 1.54) is 12.0 Å². The zero-order chi connectivity index (χ0) is 17.1. The van der Waals surface area contributed by atoms with Gasteiger partial charge in [-0.1, -0.05) is 0 Å². The number of amides is 1. The lowest BCUT2D eigenvalue weighted by Gasteiger charge is -2.24. The highest BCUT2D eigenvalue weighted by atomic mass is 16.5. The van der Waals surface area contributed by atoms with E-state index < -0.39 is 5.97 Å². The summed E-state index contributed by atoms with van der Waals surface area (Å²) in [6, 6.07) is 1.77. The molecule has 0 atom stereocenters. The molecule has 0 radical (unpaired) electrons. The molecule has 2 aromatic rings. The standard InChI is InChI=1S/C15H21N5O3/c1-9(2)19(8-14(22)23-5)13(21)7-12-17-15-16-10(3)6-11(4)20(15)18-12/h6,9H,7-8H2,1-5H3. The van der Waals surface area contributed by atoms with Gasteiger partial charge in [0.05, 0.1) is 13.5 Å². The van der Waals surface area contributed by atoms with Gasteiger partial charge in [0.15, 0.2) is 5.82 Å². The molecule has 1 amide bonds. The van der Waals surface area contributed by atoms with Gasteiger partial charge < -0.3 is 9.64 Å². The second-order valence-electron chi connectivity index (χ2n) is 5.65. The SMILES string of the molecule is COC(=O)CN(C(=O)Cc1nc2nc(C)cc(C)n2n1)C(C)C. The average Bonchev–Trinajstić information content (AvgIpc) is 2.86. The van der Waals surface area contributed by atoms with Crippen molar-refractivity contribution in [3.05, 3.63) is 23.3 Å². The number of rotatable bonds is 5. The highest BCUT2D eigenvalue weighted by Crippen LogP contribution is 2.08. The Morgan fingerprint density at radius 1 is 1.30 bits per heavy atom. The molecule has 0 aliphatic rings. The number of hydrogen-bond donors (Lipinski definition) is 0. The van der Waals surface area contributed by atoms with Crippen LogP contribution in [0, 0.1) is 13.8 Å². The molecule has 8 heteroatoms. The van der Waals surface area contributed by atoms with Crippen LogP contribution in [0.2, 0.25) is 0 Å². The number of nitrogens with zero attached hydrogens (tertiary/aromatic N) is 5. The number of fused-ring (bicyclic) bond motifs is 1. The fourth-order valence-electron chi connectivity index (χ4n) is 2.28. The quantitative estimate of drug-likeness (QED) is 0.753. The fourth-order valence-corrected chi connectivity index (χ4v) is 2.28. The van der Waals surface area contributed by atoms with E-state index in [0.717, 1.165) is 11.4 Å². The molecular formula is C15H21N5O3. The monoisotopic (exact) mass is 319 g/mol. The lowest BCUT2D eigenvalue weighted by molar-refractivity contribution is -0.148. The van der Waals surface area contributed by atoms with Crippen molar-refractivity contribution in [3.8, 4) is 0 Å². The van der Waals surface area contributed by atoms with E-state index in [-0.39, 0.29) is 24.9 Å². The third-order valence-electron chi connectivity index (χ3n) is 3.44. The Morgan fingerprint density at radius 2 is 2.00 bits per heavy atom. The van der Waals surface area contributed by atoms with Crippen LogP contribution in [0.15, 0.2) is 6.07 Å². The van der Waals surface area contributed by atoms with Crippen molar-refractivity contribution in [2.45, 2.75) is 40.2 Å². The Labute approximate surface area is 134 Å². The summed E-state index contributed by atoms with van der Waals surface area (Å²) in [6.07, 6.45) is 0.0109. The molecule has 0 N–H and O–H groups in total. The molecular weight excluding hydrogens is 298 g/mol. The van der Waals surface area contributed by atoms with Gasteiger partial charge in [-0.25, -0.2) is 9.50 Å². The molecule has 2 aromatic heterocycles. The van der Waals surface area contributed by atoms with Gasteiger partial charge in [-0.05, 0) is 33.8 Å². The fraction of sp³-hybridized carbons (Fsp3) is 0.533. The Bertz CT molecular complexity index is 738. The number of aryl methyl sites for hydroxylation is 2. The van der Waals surface area contributed by atoms with E-state index in [1.807, 2.05) is 33.8 Å². The van der Waals surface area contributed by atoms with E-state index in [1.54, 1.807) is 4.52 Å². The number of ether oxygens (including phenoxy) is 1. The molecule has 2 rings (SSSR count). The van der Waals surface area contributed by atoms with Crippen LogP contribution in [-0.4, -0.2) is 56.1 Å². The minimum atomic E-state index is -0.455. The van der Waals surface area contributed by atoms with Gasteiger partial charge in [-0.2, -0.15) is 4.98 Å². The summed E-state index contributed by atoms with van der Waals surface area (Å²) in [7, 11) is 1.30. The summed E-state index contributed by atoms with van der Waals surface area (Å²) < 4.78 is 6.24. The summed E-state index contributed by atoms with van der Waals surface area (Å²) in [6.45, 7) is 7.37. The van der Waals surface area contributed by atoms with Gasteiger partial charge in [0.1, 0.15) is 6.54 Å². The van der Waals surface area contributed by atoms with Crippen LogP contribution in [0.25, 0.3) is 5.78 Å². The summed E-state index contributed by atoms with van der Waals surface area (Å²) in [5.74, 6) is 0.167. The Morgan fingerprint density at radius 3 is 2.61 bits per heavy atom. The summed E-state index contributed by atoms with van der Waals surface area (Å²) in [5, 5.41) is 4.31. The molecule has 0 fully saturated rings. The molecule has 0 aromatic carbocycles. The molecule has 8 nitrogen and oxygen atoms in total. The van der Waals surface area contributed by atoms with Crippen molar-refractivity contribution >= 4 is 17.7 Å². The Balaban J connectivity index is 2.21. The minimum Gasteiger partial charge on any atom is -0.468 e. The average molecular weight is 319 g/mol. The number of esters is 1. The lowest BCUT2D eigenvalue weighted by Crippen LogP contribution is -2.42. The molecule has 2 heterocycles. The first-order valence-electron chi connectivity index (χ1n) is 7.38. The maximum Gasteiger partial charge on any atom is 0.325 e. The largest absolute Gasteiger partial charge is 0.468 e. The van der Waals surface area contributed by atoms with E-state index >= 15 is 0 Å². The molecule has 0 spiro atoms. The summed E-state index contributed by atoms with van der Waals surface area (Å²) in [4.78, 5) is 33.9. The molecule has 0 saturated carbocycles. The van der Waals surface area contributed by atoms with E-state index in [2.05, 4.69) is 19.8 Å². The van der Waals surface area contributed by atoms with Crippen LogP contribution < -0.4 is 0 Å². The van der Waals surface area contributed by atoms with Crippen LogP contribution in [0.3, 0.4) is 0 Å². The predicted octanol–water partition coefficient (Wildman–Crippen LogP) is 0.694. The number of methoxy groups -OCH3 is 1. The van der Waals surface area contributed by atoms with Gasteiger partial charge >= 0.3 is 5.97 Å². The molecule has 0 bridgehead atoms. The lowest BCUT2D eigenvalue weighted by atomic mass is 10.2. The predicted molar refractivity (Wildman–Crippen MR) is 82.8 cm³/mol. The van der Waals surface area contributed by atoms with E-state index in [9.17, 15) is 9.59 Å². The Kier molecular flexibility index (Phi) is 4.92. The smallest absolute Gasteiger partial charge is 0.325 e. The second-order valence-corrected chi connectivity index (χ2v) is 5.65. The van der Waals surface area contributed by atoms with Crippen molar-refractivity contribution in [1.29, 1.82) is 0 Å². The maximum atomic E-state index is 12.4. The van der Waals surface area contributed by atoms with Crippen LogP contribution >= 0.6 is 0 Å². The van der Waals surface area contributed by atoms with Gasteiger partial charge in [0, 0.05) is 17.4 Å². The van der Waals surface area contributed by atoms with Crippen LogP contribution in [0.4, 0.5) is 0 Å². The van der Waals surface area contributed by atoms with E-state index in [0.29, 0.717) is 11.6 Å². The molecule has 124 valence electrons. The molecule has 23 heavy (non-hydrogen) atoms. The zero-order valence-corrected chi connectivity index (χ0v) is 14.0. The van der Waals surface area contributed by atoms with Crippen molar-refractivity contribution < 1.29 is 14.3 Å². The van der Waals surface area contributed by atoms with Crippen molar-refractivity contribution in [2.24, 2.45) is 0 Å². The third kappa shape index (κ3) is 3.82. The molecule has 0 unspecified atom stereocenters. The maximum absolute atomic E-state index is 12.4. The topological polar surface area (TPSA) is 89.7 Å². The van der Waals surface area contributed by atoms with Crippen LogP contribution in [0.5, 0.6) is 0 Å². The van der Waals surface area contributed by atoms with Crippen molar-refractivity contribution in [3.63, 3.8) is 0 Å². The number of aromatic nitrogens is 4. The molecule has 0 saturated heterocycles.